The molecule has 3 rings (SSSR count). The van der Waals surface area contributed by atoms with Gasteiger partial charge in [-0.15, -0.1) is 21.5 Å². The van der Waals surface area contributed by atoms with Gasteiger partial charge in [-0.2, -0.15) is 0 Å². The molecule has 0 aliphatic carbocycles. The van der Waals surface area contributed by atoms with Crippen molar-refractivity contribution in [2.75, 3.05) is 17.2 Å². The molecule has 1 aromatic carbocycles. The van der Waals surface area contributed by atoms with Gasteiger partial charge in [-0.05, 0) is 13.8 Å². The second-order valence-corrected chi connectivity index (χ2v) is 8.48. The van der Waals surface area contributed by atoms with Crippen LogP contribution in [0.2, 0.25) is 0 Å². The molecule has 0 saturated heterocycles. The van der Waals surface area contributed by atoms with Crippen LogP contribution < -0.4 is 10.6 Å². The second-order valence-electron chi connectivity index (χ2n) is 5.06. The maximum Gasteiger partial charge on any atom is 0.239 e. The molecule has 0 radical (unpaired) electrons. The van der Waals surface area contributed by atoms with E-state index in [9.17, 15) is 4.79 Å². The minimum atomic E-state index is -0.286. The van der Waals surface area contributed by atoms with Crippen molar-refractivity contribution < 1.29 is 4.79 Å². The highest BCUT2D eigenvalue weighted by atomic mass is 32.2. The topological polar surface area (TPSA) is 79.8 Å². The molecule has 130 valence electrons. The molecule has 0 aliphatic heterocycles. The summed E-state index contributed by atoms with van der Waals surface area (Å²) in [5.74, 6) is -0.0980. The second kappa shape index (κ2) is 8.41. The lowest BCUT2D eigenvalue weighted by atomic mass is 10.2. The third-order valence-corrected chi connectivity index (χ3v) is 6.01. The summed E-state index contributed by atoms with van der Waals surface area (Å²) >= 11 is 4.26. The Kier molecular flexibility index (Phi) is 6.00. The Morgan fingerprint density at radius 2 is 2.04 bits per heavy atom. The van der Waals surface area contributed by atoms with E-state index >= 15 is 0 Å². The molecule has 0 bridgehead atoms. The van der Waals surface area contributed by atoms with Crippen LogP contribution in [0.3, 0.4) is 0 Å². The van der Waals surface area contributed by atoms with Crippen molar-refractivity contribution in [1.29, 1.82) is 0 Å². The number of carbonyl (C=O) groups excluding carboxylic acids is 1. The van der Waals surface area contributed by atoms with Crippen LogP contribution in [0, 0.1) is 0 Å². The monoisotopic (exact) mass is 391 g/mol. The highest BCUT2D eigenvalue weighted by molar-refractivity contribution is 8.02. The Morgan fingerprint density at radius 3 is 2.80 bits per heavy atom. The highest BCUT2D eigenvalue weighted by Gasteiger charge is 2.18. The number of hydrogen-bond acceptors (Lipinski definition) is 8. The molecule has 2 N–H and O–H groups in total. The number of rotatable bonds is 7. The van der Waals surface area contributed by atoms with E-state index in [1.807, 2.05) is 49.6 Å². The SMILES string of the molecule is CCNc1nnc(S[C@@H](C)C(=O)Nc2nc(-c3ccccc3)cs2)s1. The molecule has 3 aromatic rings. The van der Waals surface area contributed by atoms with Gasteiger partial charge in [-0.1, -0.05) is 53.4 Å². The summed E-state index contributed by atoms with van der Waals surface area (Å²) in [6.45, 7) is 4.64. The summed E-state index contributed by atoms with van der Waals surface area (Å²) in [5, 5.41) is 17.1. The fourth-order valence-electron chi connectivity index (χ4n) is 1.96. The maximum absolute atomic E-state index is 12.4. The summed E-state index contributed by atoms with van der Waals surface area (Å²) in [6.07, 6.45) is 0. The van der Waals surface area contributed by atoms with E-state index in [1.165, 1.54) is 34.4 Å². The zero-order valence-electron chi connectivity index (χ0n) is 13.7. The summed E-state index contributed by atoms with van der Waals surface area (Å²) in [5.41, 5.74) is 1.90. The first-order valence-electron chi connectivity index (χ1n) is 7.71. The summed E-state index contributed by atoms with van der Waals surface area (Å²) in [7, 11) is 0. The standard InChI is InChI=1S/C16H17N5OS3/c1-3-17-14-20-21-16(25-14)24-10(2)13(22)19-15-18-12(9-23-15)11-7-5-4-6-8-11/h4-10H,3H2,1-2H3,(H,17,20)(H,18,19,22)/t10-/m0/s1. The lowest BCUT2D eigenvalue weighted by Gasteiger charge is -2.07. The van der Waals surface area contributed by atoms with Gasteiger partial charge in [0.05, 0.1) is 10.9 Å². The van der Waals surface area contributed by atoms with E-state index in [-0.39, 0.29) is 11.2 Å². The van der Waals surface area contributed by atoms with Crippen LogP contribution in [0.1, 0.15) is 13.8 Å². The summed E-state index contributed by atoms with van der Waals surface area (Å²) < 4.78 is 0.766. The number of nitrogens with one attached hydrogen (secondary N) is 2. The lowest BCUT2D eigenvalue weighted by Crippen LogP contribution is -2.22. The number of thioether (sulfide) groups is 1. The van der Waals surface area contributed by atoms with Crippen molar-refractivity contribution in [3.8, 4) is 11.3 Å². The molecule has 0 fully saturated rings. The summed E-state index contributed by atoms with van der Waals surface area (Å²) in [4.78, 5) is 16.9. The Bertz CT molecular complexity index is 833. The largest absolute Gasteiger partial charge is 0.360 e. The van der Waals surface area contributed by atoms with Gasteiger partial charge < -0.3 is 10.6 Å². The fraction of sp³-hybridized carbons (Fsp3) is 0.250. The highest BCUT2D eigenvalue weighted by Crippen LogP contribution is 2.30. The molecule has 6 nitrogen and oxygen atoms in total. The Balaban J connectivity index is 1.59. The number of anilines is 2. The Labute approximate surface area is 158 Å². The van der Waals surface area contributed by atoms with Crippen LogP contribution in [0.15, 0.2) is 40.1 Å². The lowest BCUT2D eigenvalue weighted by molar-refractivity contribution is -0.115. The van der Waals surface area contributed by atoms with Gasteiger partial charge in [-0.25, -0.2) is 4.98 Å². The Hall–Kier alpha value is -1.97. The minimum absolute atomic E-state index is 0.0980. The van der Waals surface area contributed by atoms with Crippen molar-refractivity contribution in [2.24, 2.45) is 0 Å². The molecule has 9 heteroatoms. The van der Waals surface area contributed by atoms with Crippen molar-refractivity contribution in [1.82, 2.24) is 15.2 Å². The zero-order valence-corrected chi connectivity index (χ0v) is 16.2. The first-order chi connectivity index (χ1) is 12.2. The van der Waals surface area contributed by atoms with E-state index in [0.717, 1.165) is 27.3 Å². The molecule has 0 unspecified atom stereocenters. The first-order valence-corrected chi connectivity index (χ1v) is 10.3. The van der Waals surface area contributed by atoms with Gasteiger partial charge in [0.25, 0.3) is 0 Å². The van der Waals surface area contributed by atoms with E-state index in [0.29, 0.717) is 5.13 Å². The van der Waals surface area contributed by atoms with Gasteiger partial charge in [0.1, 0.15) is 0 Å². The van der Waals surface area contributed by atoms with Crippen LogP contribution in [-0.4, -0.2) is 32.9 Å². The Morgan fingerprint density at radius 1 is 1.24 bits per heavy atom. The van der Waals surface area contributed by atoms with Crippen molar-refractivity contribution in [2.45, 2.75) is 23.4 Å². The van der Waals surface area contributed by atoms with E-state index < -0.39 is 0 Å². The number of amides is 1. The molecular formula is C16H17N5OS3. The van der Waals surface area contributed by atoms with Crippen LogP contribution in [-0.2, 0) is 4.79 Å². The quantitative estimate of drug-likeness (QED) is 0.587. The molecule has 0 spiro atoms. The van der Waals surface area contributed by atoms with E-state index in [1.54, 1.807) is 0 Å². The molecule has 2 aromatic heterocycles. The molecule has 0 aliphatic rings. The molecule has 1 amide bonds. The van der Waals surface area contributed by atoms with Crippen molar-refractivity contribution in [3.05, 3.63) is 35.7 Å². The molecular weight excluding hydrogens is 374 g/mol. The van der Waals surface area contributed by atoms with Crippen molar-refractivity contribution in [3.63, 3.8) is 0 Å². The number of hydrogen-bond donors (Lipinski definition) is 2. The van der Waals surface area contributed by atoms with Crippen LogP contribution in [0.5, 0.6) is 0 Å². The number of benzene rings is 1. The molecule has 25 heavy (non-hydrogen) atoms. The number of carbonyl (C=O) groups is 1. The van der Waals surface area contributed by atoms with Gasteiger partial charge >= 0.3 is 0 Å². The fourth-order valence-corrected chi connectivity index (χ4v) is 4.65. The smallest absolute Gasteiger partial charge is 0.239 e. The van der Waals surface area contributed by atoms with Gasteiger partial charge in [0.15, 0.2) is 9.47 Å². The molecule has 2 heterocycles. The number of thiazole rings is 1. The number of aromatic nitrogens is 3. The molecule has 0 saturated carbocycles. The third-order valence-electron chi connectivity index (χ3n) is 3.19. The van der Waals surface area contributed by atoms with Crippen LogP contribution in [0.25, 0.3) is 11.3 Å². The van der Waals surface area contributed by atoms with Crippen molar-refractivity contribution >= 4 is 50.6 Å². The van der Waals surface area contributed by atoms with Crippen LogP contribution >= 0.6 is 34.4 Å². The average Bonchev–Trinajstić information content (AvgIpc) is 3.26. The minimum Gasteiger partial charge on any atom is -0.360 e. The van der Waals surface area contributed by atoms with E-state index in [4.69, 9.17) is 0 Å². The zero-order chi connectivity index (χ0) is 17.6. The predicted octanol–water partition coefficient (Wildman–Crippen LogP) is 4.21. The van der Waals surface area contributed by atoms with E-state index in [2.05, 4.69) is 25.8 Å². The average molecular weight is 392 g/mol. The first kappa shape index (κ1) is 17.8. The third kappa shape index (κ3) is 4.77. The van der Waals surface area contributed by atoms with Gasteiger partial charge in [-0.3, -0.25) is 4.79 Å². The maximum atomic E-state index is 12.4. The number of nitrogens with zero attached hydrogens (tertiary/aromatic N) is 3. The summed E-state index contributed by atoms with van der Waals surface area (Å²) in [6, 6.07) is 9.89. The van der Waals surface area contributed by atoms with Gasteiger partial charge in [0, 0.05) is 17.5 Å². The van der Waals surface area contributed by atoms with Crippen LogP contribution in [0.4, 0.5) is 10.3 Å². The molecule has 1 atom stereocenters. The van der Waals surface area contributed by atoms with Gasteiger partial charge in [0.2, 0.25) is 11.0 Å². The predicted molar refractivity (Wildman–Crippen MR) is 106 cm³/mol. The normalized spacial score (nSPS) is 11.9.